The van der Waals surface area contributed by atoms with Gasteiger partial charge < -0.3 is 29.0 Å². The Morgan fingerprint density at radius 2 is 1.53 bits per heavy atom. The average Bonchev–Trinajstić information content (AvgIpc) is 2.63. The van der Waals surface area contributed by atoms with Crippen molar-refractivity contribution in [3.05, 3.63) is 0 Å². The lowest BCUT2D eigenvalue weighted by molar-refractivity contribution is -0.211. The summed E-state index contributed by atoms with van der Waals surface area (Å²) in [5.74, 6) is -2.51. The molecule has 5 atom stereocenters. The zero-order chi connectivity index (χ0) is 22.8. The lowest BCUT2D eigenvalue weighted by atomic mass is 9.97. The van der Waals surface area contributed by atoms with Crippen molar-refractivity contribution in [2.75, 3.05) is 19.5 Å². The molecule has 0 saturated carbocycles. The smallest absolute Gasteiger partial charge is 0.306 e. The molecule has 1 rings (SSSR count). The van der Waals surface area contributed by atoms with Gasteiger partial charge in [-0.15, -0.1) is 11.8 Å². The van der Waals surface area contributed by atoms with Crippen molar-refractivity contribution < 1.29 is 47.7 Å². The Morgan fingerprint density at radius 1 is 0.933 bits per heavy atom. The van der Waals surface area contributed by atoms with Gasteiger partial charge >= 0.3 is 23.9 Å². The first-order chi connectivity index (χ1) is 14.0. The molecule has 1 heterocycles. The van der Waals surface area contributed by atoms with Crippen molar-refractivity contribution in [2.24, 2.45) is 0 Å². The number of nitrogens with one attached hydrogen (secondary N) is 1. The first-order valence-electron chi connectivity index (χ1n) is 9.14. The van der Waals surface area contributed by atoms with Crippen LogP contribution in [0.5, 0.6) is 0 Å². The number of hydrogen-bond acceptors (Lipinski definition) is 11. The molecule has 1 aliphatic rings. The maximum Gasteiger partial charge on any atom is 0.306 e. The van der Waals surface area contributed by atoms with E-state index in [1.54, 1.807) is 0 Å². The summed E-state index contributed by atoms with van der Waals surface area (Å²) >= 11 is 1.17. The van der Waals surface area contributed by atoms with E-state index in [0.717, 1.165) is 0 Å². The topological polar surface area (TPSA) is 144 Å². The van der Waals surface area contributed by atoms with E-state index >= 15 is 0 Å². The normalized spacial score (nSPS) is 25.6. The highest BCUT2D eigenvalue weighted by Crippen LogP contribution is 2.32. The Bertz CT molecular complexity index is 655. The van der Waals surface area contributed by atoms with Crippen LogP contribution < -0.4 is 5.32 Å². The predicted octanol–water partition coefficient (Wildman–Crippen LogP) is -0.0612. The van der Waals surface area contributed by atoms with Crippen LogP contribution in [0, 0.1) is 0 Å². The highest BCUT2D eigenvalue weighted by atomic mass is 32.2. The van der Waals surface area contributed by atoms with Crippen LogP contribution in [0.25, 0.3) is 0 Å². The van der Waals surface area contributed by atoms with Gasteiger partial charge in [0, 0.05) is 33.4 Å². The fourth-order valence-electron chi connectivity index (χ4n) is 2.79. The summed E-state index contributed by atoms with van der Waals surface area (Å²) in [5, 5.41) is 2.65. The van der Waals surface area contributed by atoms with E-state index < -0.39 is 59.6 Å². The molecule has 0 aromatic carbocycles. The second-order valence-electron chi connectivity index (χ2n) is 6.42. The van der Waals surface area contributed by atoms with E-state index in [9.17, 15) is 24.0 Å². The molecule has 1 aliphatic heterocycles. The summed E-state index contributed by atoms with van der Waals surface area (Å²) in [7, 11) is 1.26. The minimum absolute atomic E-state index is 0.0774. The minimum Gasteiger partial charge on any atom is -0.469 e. The summed E-state index contributed by atoms with van der Waals surface area (Å²) < 4.78 is 26.2. The SMILES string of the molecule is COC(=O)CCS[C@@H]1O[C@H](COC(C)=O)[C@H](OC(C)=O)[C@H](OC(C)=O)[C@H]1NC(C)=O. The largest absolute Gasteiger partial charge is 0.469 e. The Hall–Kier alpha value is -2.34. The number of ether oxygens (including phenoxy) is 5. The number of hydrogen-bond donors (Lipinski definition) is 1. The first-order valence-corrected chi connectivity index (χ1v) is 10.2. The predicted molar refractivity (Wildman–Crippen MR) is 103 cm³/mol. The van der Waals surface area contributed by atoms with Crippen molar-refractivity contribution in [1.29, 1.82) is 0 Å². The molecular weight excluding hydrogens is 422 g/mol. The van der Waals surface area contributed by atoms with Crippen molar-refractivity contribution in [1.82, 2.24) is 5.32 Å². The van der Waals surface area contributed by atoms with Crippen molar-refractivity contribution >= 4 is 41.5 Å². The van der Waals surface area contributed by atoms with Crippen LogP contribution in [0.15, 0.2) is 0 Å². The highest BCUT2D eigenvalue weighted by Gasteiger charge is 2.50. The van der Waals surface area contributed by atoms with Gasteiger partial charge in [0.25, 0.3) is 0 Å². The quantitative estimate of drug-likeness (QED) is 0.373. The molecule has 170 valence electrons. The Balaban J connectivity index is 3.20. The van der Waals surface area contributed by atoms with Gasteiger partial charge in [0.05, 0.1) is 13.5 Å². The maximum absolute atomic E-state index is 11.8. The van der Waals surface area contributed by atoms with Crippen LogP contribution in [0.1, 0.15) is 34.1 Å². The van der Waals surface area contributed by atoms with Crippen LogP contribution in [0.3, 0.4) is 0 Å². The second-order valence-corrected chi connectivity index (χ2v) is 7.62. The van der Waals surface area contributed by atoms with Crippen molar-refractivity contribution in [2.45, 2.75) is 63.9 Å². The van der Waals surface area contributed by atoms with Crippen LogP contribution >= 0.6 is 11.8 Å². The molecule has 0 aromatic heterocycles. The number of amides is 1. The third kappa shape index (κ3) is 8.57. The molecule has 1 saturated heterocycles. The zero-order valence-electron chi connectivity index (χ0n) is 17.5. The van der Waals surface area contributed by atoms with E-state index in [4.69, 9.17) is 18.9 Å². The monoisotopic (exact) mass is 449 g/mol. The third-order valence-corrected chi connectivity index (χ3v) is 5.06. The standard InChI is InChI=1S/C18H27NO10S/c1-9(20)19-15-17(28-12(4)23)16(27-11(3)22)13(8-26-10(2)21)29-18(15)30-7-6-14(24)25-5/h13,15-18H,6-8H2,1-5H3,(H,19,20)/t13-,15-,16+,17-,18+/m1/s1. The Labute approximate surface area is 178 Å². The van der Waals surface area contributed by atoms with Crippen molar-refractivity contribution in [3.63, 3.8) is 0 Å². The number of esters is 4. The van der Waals surface area contributed by atoms with Gasteiger partial charge in [-0.1, -0.05) is 0 Å². The van der Waals surface area contributed by atoms with E-state index in [2.05, 4.69) is 10.1 Å². The fraction of sp³-hybridized carbons (Fsp3) is 0.722. The highest BCUT2D eigenvalue weighted by molar-refractivity contribution is 7.99. The number of carbonyl (C=O) groups excluding carboxylic acids is 5. The molecule has 12 heteroatoms. The maximum atomic E-state index is 11.8. The summed E-state index contributed by atoms with van der Waals surface area (Å²) in [6, 6.07) is -0.896. The minimum atomic E-state index is -1.14. The van der Waals surface area contributed by atoms with Gasteiger partial charge in [0.1, 0.15) is 24.2 Å². The van der Waals surface area contributed by atoms with Crippen LogP contribution in [-0.4, -0.2) is 79.0 Å². The number of thioether (sulfide) groups is 1. The second kappa shape index (κ2) is 12.4. The summed E-state index contributed by atoms with van der Waals surface area (Å²) in [6.45, 7) is 4.54. The third-order valence-electron chi connectivity index (χ3n) is 3.89. The number of rotatable bonds is 9. The van der Waals surface area contributed by atoms with Gasteiger partial charge in [-0.25, -0.2) is 0 Å². The molecule has 1 N–H and O–H groups in total. The van der Waals surface area contributed by atoms with Gasteiger partial charge in [0.2, 0.25) is 5.91 Å². The first kappa shape index (κ1) is 25.7. The van der Waals surface area contributed by atoms with Crippen molar-refractivity contribution in [3.8, 4) is 0 Å². The number of carbonyl (C=O) groups is 5. The zero-order valence-corrected chi connectivity index (χ0v) is 18.3. The number of methoxy groups -OCH3 is 1. The lowest BCUT2D eigenvalue weighted by Crippen LogP contribution is -2.65. The average molecular weight is 449 g/mol. The molecule has 11 nitrogen and oxygen atoms in total. The van der Waals surface area contributed by atoms with Gasteiger partial charge in [-0.05, 0) is 0 Å². The van der Waals surface area contributed by atoms with Crippen LogP contribution in [0.4, 0.5) is 0 Å². The van der Waals surface area contributed by atoms with Gasteiger partial charge in [0.15, 0.2) is 12.2 Å². The summed E-state index contributed by atoms with van der Waals surface area (Å²) in [4.78, 5) is 57.8. The fourth-order valence-corrected chi connectivity index (χ4v) is 3.96. The van der Waals surface area contributed by atoms with E-state index in [1.165, 1.54) is 46.6 Å². The van der Waals surface area contributed by atoms with E-state index in [1.807, 2.05) is 0 Å². The molecular formula is C18H27NO10S. The molecule has 0 unspecified atom stereocenters. The molecule has 0 radical (unpaired) electrons. The Morgan fingerprint density at radius 3 is 2.03 bits per heavy atom. The molecule has 0 spiro atoms. The van der Waals surface area contributed by atoms with Crippen LogP contribution in [0.2, 0.25) is 0 Å². The summed E-state index contributed by atoms with van der Waals surface area (Å²) in [5.41, 5.74) is -0.796. The molecule has 30 heavy (non-hydrogen) atoms. The molecule has 1 fully saturated rings. The lowest BCUT2D eigenvalue weighted by Gasteiger charge is -2.45. The van der Waals surface area contributed by atoms with Crippen LogP contribution in [-0.2, 0) is 47.7 Å². The van der Waals surface area contributed by atoms with E-state index in [0.29, 0.717) is 0 Å². The summed E-state index contributed by atoms with van der Waals surface area (Å²) in [6.07, 6.45) is -3.14. The molecule has 0 aromatic rings. The molecule has 1 amide bonds. The molecule has 0 bridgehead atoms. The van der Waals surface area contributed by atoms with E-state index in [-0.39, 0.29) is 18.8 Å². The Kier molecular flexibility index (Phi) is 10.6. The van der Waals surface area contributed by atoms with Gasteiger partial charge in [-0.3, -0.25) is 24.0 Å². The molecule has 0 aliphatic carbocycles. The van der Waals surface area contributed by atoms with Gasteiger partial charge in [-0.2, -0.15) is 0 Å².